The highest BCUT2D eigenvalue weighted by Crippen LogP contribution is 2.34. The Morgan fingerprint density at radius 1 is 1.39 bits per heavy atom. The zero-order chi connectivity index (χ0) is 12.8. The topological polar surface area (TPSA) is 72.6 Å². The van der Waals surface area contributed by atoms with Crippen LogP contribution >= 0.6 is 0 Å². The van der Waals surface area contributed by atoms with Crippen molar-refractivity contribution < 1.29 is 17.7 Å². The van der Waals surface area contributed by atoms with Gasteiger partial charge in [-0.25, -0.2) is 8.42 Å². The minimum absolute atomic E-state index is 0.00604. The summed E-state index contributed by atoms with van der Waals surface area (Å²) in [5, 5.41) is 3.72. The molecule has 0 unspecified atom stereocenters. The van der Waals surface area contributed by atoms with E-state index in [9.17, 15) is 8.42 Å². The van der Waals surface area contributed by atoms with Gasteiger partial charge in [0, 0.05) is 12.1 Å². The molecule has 0 aromatic carbocycles. The summed E-state index contributed by atoms with van der Waals surface area (Å²) in [5.41, 5.74) is 0.699. The SMILES string of the molecule is Cc1cc(CS(=O)(=O)N(C2CC2)C2COC2)on1. The molecular formula is C11H16N2O4S. The minimum atomic E-state index is -3.34. The molecule has 7 heteroatoms. The number of aromatic nitrogens is 1. The van der Waals surface area contributed by atoms with Crippen LogP contribution in [0, 0.1) is 6.92 Å². The Morgan fingerprint density at radius 3 is 2.56 bits per heavy atom. The summed E-state index contributed by atoms with van der Waals surface area (Å²) in [5.74, 6) is 0.291. The molecule has 0 bridgehead atoms. The van der Waals surface area contributed by atoms with Crippen molar-refractivity contribution in [3.05, 3.63) is 17.5 Å². The average Bonchev–Trinajstić information content (AvgIpc) is 2.96. The Hall–Kier alpha value is -0.920. The van der Waals surface area contributed by atoms with E-state index in [-0.39, 0.29) is 17.8 Å². The summed E-state index contributed by atoms with van der Waals surface area (Å²) >= 11 is 0. The maximum Gasteiger partial charge on any atom is 0.222 e. The number of rotatable bonds is 5. The third-order valence-corrected chi connectivity index (χ3v) is 5.10. The van der Waals surface area contributed by atoms with Crippen LogP contribution in [0.5, 0.6) is 0 Å². The van der Waals surface area contributed by atoms with Crippen molar-refractivity contribution in [3.63, 3.8) is 0 Å². The van der Waals surface area contributed by atoms with Crippen LogP contribution in [0.2, 0.25) is 0 Å². The second-order valence-corrected chi connectivity index (χ2v) is 6.82. The number of sulfonamides is 1. The molecule has 1 aromatic rings. The van der Waals surface area contributed by atoms with Gasteiger partial charge in [-0.2, -0.15) is 4.31 Å². The van der Waals surface area contributed by atoms with E-state index in [1.165, 1.54) is 0 Å². The molecule has 3 rings (SSSR count). The van der Waals surface area contributed by atoms with Gasteiger partial charge in [-0.1, -0.05) is 5.16 Å². The van der Waals surface area contributed by atoms with Crippen LogP contribution in [0.25, 0.3) is 0 Å². The smallest absolute Gasteiger partial charge is 0.222 e. The van der Waals surface area contributed by atoms with Crippen molar-refractivity contribution in [2.75, 3.05) is 13.2 Å². The van der Waals surface area contributed by atoms with Crippen LogP contribution in [0.15, 0.2) is 10.6 Å². The summed E-state index contributed by atoms with van der Waals surface area (Å²) in [6.45, 7) is 2.79. The van der Waals surface area contributed by atoms with Crippen molar-refractivity contribution in [2.45, 2.75) is 37.6 Å². The predicted octanol–water partition coefficient (Wildman–Crippen LogP) is 0.676. The van der Waals surface area contributed by atoms with E-state index in [0.717, 1.165) is 12.8 Å². The van der Waals surface area contributed by atoms with Crippen LogP contribution in [0.1, 0.15) is 24.3 Å². The molecule has 2 fully saturated rings. The summed E-state index contributed by atoms with van der Waals surface area (Å²) in [7, 11) is -3.34. The number of aryl methyl sites for hydroxylation is 1. The van der Waals surface area contributed by atoms with Gasteiger partial charge in [0.2, 0.25) is 10.0 Å². The Kier molecular flexibility index (Phi) is 2.91. The summed E-state index contributed by atoms with van der Waals surface area (Å²) in [6, 6.07) is 1.83. The van der Waals surface area contributed by atoms with E-state index < -0.39 is 10.0 Å². The number of hydrogen-bond acceptors (Lipinski definition) is 5. The molecule has 2 aliphatic rings. The molecule has 0 amide bonds. The molecule has 100 valence electrons. The fourth-order valence-electron chi connectivity index (χ4n) is 2.19. The Bertz CT molecular complexity index is 531. The van der Waals surface area contributed by atoms with Gasteiger partial charge < -0.3 is 9.26 Å². The largest absolute Gasteiger partial charge is 0.378 e. The lowest BCUT2D eigenvalue weighted by molar-refractivity contribution is -0.0388. The molecule has 0 spiro atoms. The highest BCUT2D eigenvalue weighted by molar-refractivity contribution is 7.88. The van der Waals surface area contributed by atoms with E-state index in [2.05, 4.69) is 5.16 Å². The van der Waals surface area contributed by atoms with E-state index in [1.807, 2.05) is 0 Å². The van der Waals surface area contributed by atoms with E-state index in [1.54, 1.807) is 17.3 Å². The minimum Gasteiger partial charge on any atom is -0.378 e. The van der Waals surface area contributed by atoms with Gasteiger partial charge in [0.1, 0.15) is 5.75 Å². The van der Waals surface area contributed by atoms with Crippen LogP contribution < -0.4 is 0 Å². The van der Waals surface area contributed by atoms with Gasteiger partial charge in [-0.05, 0) is 19.8 Å². The van der Waals surface area contributed by atoms with Crippen molar-refractivity contribution in [1.82, 2.24) is 9.46 Å². The van der Waals surface area contributed by atoms with Crippen molar-refractivity contribution in [2.24, 2.45) is 0 Å². The molecule has 6 nitrogen and oxygen atoms in total. The third kappa shape index (κ3) is 2.30. The van der Waals surface area contributed by atoms with Gasteiger partial charge in [0.15, 0.2) is 5.76 Å². The third-order valence-electron chi connectivity index (χ3n) is 3.21. The average molecular weight is 272 g/mol. The Balaban J connectivity index is 1.78. The maximum atomic E-state index is 12.4. The lowest BCUT2D eigenvalue weighted by Gasteiger charge is -2.36. The first-order valence-corrected chi connectivity index (χ1v) is 7.68. The lowest BCUT2D eigenvalue weighted by atomic mass is 10.2. The van der Waals surface area contributed by atoms with Crippen molar-refractivity contribution >= 4 is 10.0 Å². The monoisotopic (exact) mass is 272 g/mol. The Morgan fingerprint density at radius 2 is 2.11 bits per heavy atom. The Labute approximate surface area is 106 Å². The molecule has 2 heterocycles. The fraction of sp³-hybridized carbons (Fsp3) is 0.727. The molecule has 1 aromatic heterocycles. The first-order valence-electron chi connectivity index (χ1n) is 6.07. The zero-order valence-electron chi connectivity index (χ0n) is 10.2. The zero-order valence-corrected chi connectivity index (χ0v) is 11.0. The molecule has 0 N–H and O–H groups in total. The van der Waals surface area contributed by atoms with E-state index in [0.29, 0.717) is 24.7 Å². The van der Waals surface area contributed by atoms with Gasteiger partial charge in [-0.3, -0.25) is 0 Å². The fourth-order valence-corrected chi connectivity index (χ4v) is 4.08. The first kappa shape index (κ1) is 12.1. The lowest BCUT2D eigenvalue weighted by Crippen LogP contribution is -2.52. The van der Waals surface area contributed by atoms with Crippen LogP contribution in [0.3, 0.4) is 0 Å². The number of nitrogens with zero attached hydrogens (tertiary/aromatic N) is 2. The van der Waals surface area contributed by atoms with E-state index >= 15 is 0 Å². The highest BCUT2D eigenvalue weighted by atomic mass is 32.2. The molecule has 1 saturated heterocycles. The summed E-state index contributed by atoms with van der Waals surface area (Å²) in [6.07, 6.45) is 1.90. The second kappa shape index (κ2) is 4.32. The normalized spacial score (nSPS) is 21.2. The van der Waals surface area contributed by atoms with Crippen molar-refractivity contribution in [1.29, 1.82) is 0 Å². The van der Waals surface area contributed by atoms with Gasteiger partial charge in [0.05, 0.1) is 24.9 Å². The molecule has 1 aliphatic carbocycles. The molecule has 1 saturated carbocycles. The van der Waals surface area contributed by atoms with E-state index in [4.69, 9.17) is 9.26 Å². The standard InChI is InChI=1S/C11H16N2O4S/c1-8-4-11(17-12-8)7-18(14,15)13(9-2-3-9)10-5-16-6-10/h4,9-10H,2-3,5-7H2,1H3. The number of hydrogen-bond donors (Lipinski definition) is 0. The van der Waals surface area contributed by atoms with Crippen molar-refractivity contribution in [3.8, 4) is 0 Å². The van der Waals surface area contributed by atoms with Crippen LogP contribution in [-0.2, 0) is 20.5 Å². The first-order chi connectivity index (χ1) is 8.56. The molecule has 18 heavy (non-hydrogen) atoms. The summed E-state index contributed by atoms with van der Waals surface area (Å²) in [4.78, 5) is 0. The molecular weight excluding hydrogens is 256 g/mol. The van der Waals surface area contributed by atoms with Gasteiger partial charge in [0.25, 0.3) is 0 Å². The molecule has 0 atom stereocenters. The quantitative estimate of drug-likeness (QED) is 0.788. The molecule has 0 radical (unpaired) electrons. The summed E-state index contributed by atoms with van der Waals surface area (Å²) < 4.78 is 36.5. The molecule has 1 aliphatic heterocycles. The predicted molar refractivity (Wildman–Crippen MR) is 63.3 cm³/mol. The van der Waals surface area contributed by atoms with Gasteiger partial charge in [-0.15, -0.1) is 0 Å². The second-order valence-electron chi connectivity index (χ2n) is 4.94. The highest BCUT2D eigenvalue weighted by Gasteiger charge is 2.44. The van der Waals surface area contributed by atoms with Gasteiger partial charge >= 0.3 is 0 Å². The number of ether oxygens (including phenoxy) is 1. The van der Waals surface area contributed by atoms with Crippen LogP contribution in [0.4, 0.5) is 0 Å². The maximum absolute atomic E-state index is 12.4. The van der Waals surface area contributed by atoms with Crippen LogP contribution in [-0.4, -0.2) is 43.2 Å².